The van der Waals surface area contributed by atoms with Crippen LogP contribution in [0.15, 0.2) is 60.9 Å². The SMILES string of the molecule is COc1ccc([C@H](NC(=O)[C@@H](OC)c2ccccc2)c2nccn2C)cc1OC. The number of methoxy groups -OCH3 is 3. The lowest BCUT2D eigenvalue weighted by atomic mass is 10.0. The van der Waals surface area contributed by atoms with E-state index in [0.717, 1.165) is 11.1 Å². The average molecular weight is 395 g/mol. The minimum atomic E-state index is -0.737. The lowest BCUT2D eigenvalue weighted by molar-refractivity contribution is -0.132. The lowest BCUT2D eigenvalue weighted by Crippen LogP contribution is -2.35. The Balaban J connectivity index is 1.97. The predicted molar refractivity (Wildman–Crippen MR) is 109 cm³/mol. The van der Waals surface area contributed by atoms with Crippen molar-refractivity contribution in [2.75, 3.05) is 21.3 Å². The first kappa shape index (κ1) is 20.4. The zero-order valence-corrected chi connectivity index (χ0v) is 17.0. The summed E-state index contributed by atoms with van der Waals surface area (Å²) >= 11 is 0. The third-order valence-electron chi connectivity index (χ3n) is 4.72. The predicted octanol–water partition coefficient (Wildman–Crippen LogP) is 3.03. The van der Waals surface area contributed by atoms with Gasteiger partial charge in [-0.25, -0.2) is 4.98 Å². The van der Waals surface area contributed by atoms with Gasteiger partial charge in [-0.3, -0.25) is 4.79 Å². The lowest BCUT2D eigenvalue weighted by Gasteiger charge is -2.23. The number of hydrogen-bond donors (Lipinski definition) is 1. The molecule has 7 nitrogen and oxygen atoms in total. The van der Waals surface area contributed by atoms with Crippen LogP contribution in [-0.4, -0.2) is 36.8 Å². The normalized spacial score (nSPS) is 12.8. The third kappa shape index (κ3) is 4.41. The molecule has 0 saturated heterocycles. The topological polar surface area (TPSA) is 74.6 Å². The Hall–Kier alpha value is -3.32. The summed E-state index contributed by atoms with van der Waals surface area (Å²) in [5.41, 5.74) is 1.59. The van der Waals surface area contributed by atoms with Gasteiger partial charge in [0, 0.05) is 26.6 Å². The first-order valence-electron chi connectivity index (χ1n) is 9.16. The zero-order valence-electron chi connectivity index (χ0n) is 17.0. The molecule has 0 aliphatic carbocycles. The fraction of sp³-hybridized carbons (Fsp3) is 0.273. The molecule has 1 amide bonds. The molecule has 29 heavy (non-hydrogen) atoms. The van der Waals surface area contributed by atoms with Gasteiger partial charge in [-0.1, -0.05) is 36.4 Å². The van der Waals surface area contributed by atoms with Crippen LogP contribution in [0.1, 0.15) is 29.1 Å². The molecule has 0 saturated carbocycles. The second-order valence-electron chi connectivity index (χ2n) is 6.48. The fourth-order valence-electron chi connectivity index (χ4n) is 3.22. The summed E-state index contributed by atoms with van der Waals surface area (Å²) in [6.45, 7) is 0. The summed E-state index contributed by atoms with van der Waals surface area (Å²) in [4.78, 5) is 17.6. The fourth-order valence-corrected chi connectivity index (χ4v) is 3.22. The molecule has 7 heteroatoms. The smallest absolute Gasteiger partial charge is 0.254 e. The van der Waals surface area contributed by atoms with Crippen LogP contribution in [0.3, 0.4) is 0 Å². The number of carbonyl (C=O) groups is 1. The van der Waals surface area contributed by atoms with Crippen LogP contribution in [0.25, 0.3) is 0 Å². The van der Waals surface area contributed by atoms with Crippen molar-refractivity contribution in [1.29, 1.82) is 0 Å². The number of hydrogen-bond acceptors (Lipinski definition) is 5. The molecule has 0 radical (unpaired) electrons. The number of rotatable bonds is 8. The van der Waals surface area contributed by atoms with Crippen LogP contribution in [0.4, 0.5) is 0 Å². The number of aryl methyl sites for hydroxylation is 1. The summed E-state index contributed by atoms with van der Waals surface area (Å²) in [6.07, 6.45) is 2.79. The van der Waals surface area contributed by atoms with Gasteiger partial charge in [0.25, 0.3) is 5.91 Å². The van der Waals surface area contributed by atoms with E-state index in [1.54, 1.807) is 26.5 Å². The quantitative estimate of drug-likeness (QED) is 0.635. The van der Waals surface area contributed by atoms with Gasteiger partial charge in [-0.05, 0) is 23.3 Å². The minimum Gasteiger partial charge on any atom is -0.493 e. The summed E-state index contributed by atoms with van der Waals surface area (Å²) in [5, 5.41) is 3.07. The zero-order chi connectivity index (χ0) is 20.8. The van der Waals surface area contributed by atoms with Gasteiger partial charge in [0.05, 0.1) is 14.2 Å². The molecule has 0 aliphatic heterocycles. The number of amides is 1. The number of carbonyl (C=O) groups excluding carboxylic acids is 1. The molecule has 3 rings (SSSR count). The minimum absolute atomic E-state index is 0.263. The van der Waals surface area contributed by atoms with Crippen LogP contribution < -0.4 is 14.8 Å². The van der Waals surface area contributed by atoms with Crippen molar-refractivity contribution >= 4 is 5.91 Å². The number of aromatic nitrogens is 2. The van der Waals surface area contributed by atoms with Gasteiger partial charge in [-0.2, -0.15) is 0 Å². The van der Waals surface area contributed by atoms with Crippen LogP contribution >= 0.6 is 0 Å². The Morgan fingerprint density at radius 3 is 2.31 bits per heavy atom. The molecule has 2 aromatic carbocycles. The number of nitrogens with one attached hydrogen (secondary N) is 1. The molecule has 0 bridgehead atoms. The van der Waals surface area contributed by atoms with Crippen LogP contribution in [-0.2, 0) is 16.6 Å². The van der Waals surface area contributed by atoms with Crippen molar-refractivity contribution in [3.05, 3.63) is 77.9 Å². The van der Waals surface area contributed by atoms with Crippen LogP contribution in [0.5, 0.6) is 11.5 Å². The number of benzene rings is 2. The highest BCUT2D eigenvalue weighted by Crippen LogP contribution is 2.32. The number of imidazole rings is 1. The first-order chi connectivity index (χ1) is 14.1. The molecular formula is C22H25N3O4. The maximum absolute atomic E-state index is 13.1. The Bertz CT molecular complexity index is 956. The molecule has 2 atom stereocenters. The Morgan fingerprint density at radius 1 is 1.00 bits per heavy atom. The van der Waals surface area contributed by atoms with Crippen LogP contribution in [0, 0.1) is 0 Å². The largest absolute Gasteiger partial charge is 0.493 e. The van der Waals surface area contributed by atoms with E-state index < -0.39 is 12.1 Å². The molecule has 1 N–H and O–H groups in total. The molecule has 1 heterocycles. The maximum atomic E-state index is 13.1. The second-order valence-corrected chi connectivity index (χ2v) is 6.48. The molecule has 1 aromatic heterocycles. The highest BCUT2D eigenvalue weighted by molar-refractivity contribution is 5.83. The molecule has 0 unspecified atom stereocenters. The number of nitrogens with zero attached hydrogens (tertiary/aromatic N) is 2. The highest BCUT2D eigenvalue weighted by Gasteiger charge is 2.27. The van der Waals surface area contributed by atoms with E-state index in [1.807, 2.05) is 60.3 Å². The van der Waals surface area contributed by atoms with E-state index in [1.165, 1.54) is 7.11 Å². The van der Waals surface area contributed by atoms with E-state index in [2.05, 4.69) is 10.3 Å². The van der Waals surface area contributed by atoms with Crippen molar-refractivity contribution in [3.8, 4) is 11.5 Å². The van der Waals surface area contributed by atoms with E-state index in [4.69, 9.17) is 14.2 Å². The van der Waals surface area contributed by atoms with Crippen molar-refractivity contribution in [2.45, 2.75) is 12.1 Å². The van der Waals surface area contributed by atoms with Gasteiger partial charge in [0.2, 0.25) is 0 Å². The highest BCUT2D eigenvalue weighted by atomic mass is 16.5. The molecule has 0 spiro atoms. The van der Waals surface area contributed by atoms with Crippen LogP contribution in [0.2, 0.25) is 0 Å². The van der Waals surface area contributed by atoms with E-state index in [9.17, 15) is 4.79 Å². The number of ether oxygens (including phenoxy) is 3. The summed E-state index contributed by atoms with van der Waals surface area (Å²) in [5.74, 6) is 1.61. The first-order valence-corrected chi connectivity index (χ1v) is 9.16. The second kappa shape index (κ2) is 9.25. The maximum Gasteiger partial charge on any atom is 0.254 e. The van der Waals surface area contributed by atoms with Gasteiger partial charge in [0.15, 0.2) is 17.6 Å². The van der Waals surface area contributed by atoms with Gasteiger partial charge in [-0.15, -0.1) is 0 Å². The van der Waals surface area contributed by atoms with E-state index in [0.29, 0.717) is 17.3 Å². The summed E-state index contributed by atoms with van der Waals surface area (Å²) in [6, 6.07) is 14.4. The standard InChI is InChI=1S/C22H25N3O4/c1-25-13-12-23-21(25)19(16-10-11-17(27-2)18(14-16)28-3)24-22(26)20(29-4)15-8-6-5-7-9-15/h5-14,19-20H,1-4H3,(H,24,26)/t19-,20-/m0/s1. The Kier molecular flexibility index (Phi) is 6.51. The third-order valence-corrected chi connectivity index (χ3v) is 4.72. The Morgan fingerprint density at radius 2 is 1.72 bits per heavy atom. The van der Waals surface area contributed by atoms with Gasteiger partial charge in [0.1, 0.15) is 11.9 Å². The molecule has 3 aromatic rings. The molecule has 152 valence electrons. The summed E-state index contributed by atoms with van der Waals surface area (Å²) in [7, 11) is 6.56. The van der Waals surface area contributed by atoms with Crippen molar-refractivity contribution in [3.63, 3.8) is 0 Å². The molecule has 0 fully saturated rings. The summed E-state index contributed by atoms with van der Waals surface area (Å²) < 4.78 is 18.1. The van der Waals surface area contributed by atoms with E-state index in [-0.39, 0.29) is 5.91 Å². The average Bonchev–Trinajstić information content (AvgIpc) is 3.18. The molecule has 0 aliphatic rings. The molecular weight excluding hydrogens is 370 g/mol. The van der Waals surface area contributed by atoms with Crippen molar-refractivity contribution < 1.29 is 19.0 Å². The van der Waals surface area contributed by atoms with Crippen molar-refractivity contribution in [1.82, 2.24) is 14.9 Å². The Labute approximate surface area is 170 Å². The van der Waals surface area contributed by atoms with Gasteiger partial charge >= 0.3 is 0 Å². The van der Waals surface area contributed by atoms with Gasteiger partial charge < -0.3 is 24.1 Å². The van der Waals surface area contributed by atoms with E-state index >= 15 is 0 Å². The monoisotopic (exact) mass is 395 g/mol. The van der Waals surface area contributed by atoms with Crippen molar-refractivity contribution in [2.24, 2.45) is 7.05 Å².